The Morgan fingerprint density at radius 2 is 1.85 bits per heavy atom. The van der Waals surface area contributed by atoms with E-state index in [1.165, 1.54) is 11.8 Å². The lowest BCUT2D eigenvalue weighted by atomic mass is 9.81. The second-order valence-corrected chi connectivity index (χ2v) is 9.64. The average molecular weight is 477 g/mol. The van der Waals surface area contributed by atoms with E-state index in [-0.39, 0.29) is 23.8 Å². The van der Waals surface area contributed by atoms with Crippen molar-refractivity contribution >= 4 is 29.3 Å². The molecule has 1 amide bonds. The zero-order chi connectivity index (χ0) is 24.7. The normalized spacial score (nSPS) is 15.9. The van der Waals surface area contributed by atoms with Gasteiger partial charge in [0, 0.05) is 17.9 Å². The first-order chi connectivity index (χ1) is 16.2. The quantitative estimate of drug-likeness (QED) is 0.579. The highest BCUT2D eigenvalue weighted by molar-refractivity contribution is 8.03. The van der Waals surface area contributed by atoms with Crippen molar-refractivity contribution in [3.8, 4) is 6.07 Å². The van der Waals surface area contributed by atoms with E-state index in [4.69, 9.17) is 4.74 Å². The van der Waals surface area contributed by atoms with Gasteiger partial charge in [-0.15, -0.1) is 0 Å². The molecule has 0 saturated carbocycles. The predicted molar refractivity (Wildman–Crippen MR) is 133 cm³/mol. The van der Waals surface area contributed by atoms with Crippen LogP contribution in [0.2, 0.25) is 0 Å². The van der Waals surface area contributed by atoms with Gasteiger partial charge in [-0.1, -0.05) is 42.1 Å². The molecule has 1 aliphatic heterocycles. The van der Waals surface area contributed by atoms with E-state index in [2.05, 4.69) is 21.7 Å². The van der Waals surface area contributed by atoms with Gasteiger partial charge in [-0.2, -0.15) is 5.26 Å². The molecule has 0 fully saturated rings. The first-order valence-electron chi connectivity index (χ1n) is 11.0. The second kappa shape index (κ2) is 11.0. The lowest BCUT2D eigenvalue weighted by molar-refractivity contribution is -0.138. The van der Waals surface area contributed by atoms with Crippen molar-refractivity contribution in [2.75, 3.05) is 12.4 Å². The smallest absolute Gasteiger partial charge is 0.337 e. The number of amides is 1. The van der Waals surface area contributed by atoms with Crippen LogP contribution >= 0.6 is 11.8 Å². The molecule has 1 atom stereocenters. The fourth-order valence-corrected chi connectivity index (χ4v) is 4.48. The van der Waals surface area contributed by atoms with Crippen molar-refractivity contribution in [1.82, 2.24) is 15.6 Å². The number of carbonyl (C=O) groups excluding carboxylic acids is 2. The number of pyridine rings is 1. The zero-order valence-corrected chi connectivity index (χ0v) is 20.5. The number of allylic oxidation sites excluding steroid dienone is 1. The van der Waals surface area contributed by atoms with Crippen molar-refractivity contribution in [3.63, 3.8) is 0 Å². The van der Waals surface area contributed by atoms with Crippen LogP contribution in [0.1, 0.15) is 44.7 Å². The number of aromatic nitrogens is 1. The number of hydrogen-bond acceptors (Lipinski definition) is 7. The molecular weight excluding hydrogens is 448 g/mol. The molecule has 2 heterocycles. The number of dihydropyridines is 1. The molecule has 0 spiro atoms. The van der Waals surface area contributed by atoms with Crippen LogP contribution < -0.4 is 10.6 Å². The van der Waals surface area contributed by atoms with E-state index in [0.717, 1.165) is 11.1 Å². The molecule has 8 heteroatoms. The van der Waals surface area contributed by atoms with Gasteiger partial charge < -0.3 is 15.4 Å². The zero-order valence-electron chi connectivity index (χ0n) is 19.7. The summed E-state index contributed by atoms with van der Waals surface area (Å²) in [5.74, 6) is -1.20. The largest absolute Gasteiger partial charge is 0.463 e. The van der Waals surface area contributed by atoms with E-state index in [1.807, 2.05) is 51.1 Å². The molecule has 2 aromatic rings. The number of nitriles is 1. The Labute approximate surface area is 204 Å². The summed E-state index contributed by atoms with van der Waals surface area (Å²) >= 11 is 1.23. The molecule has 34 heavy (non-hydrogen) atoms. The number of ether oxygens (including phenoxy) is 1. The summed E-state index contributed by atoms with van der Waals surface area (Å²) in [6.45, 7) is 7.68. The minimum absolute atomic E-state index is 0.116. The maximum Gasteiger partial charge on any atom is 0.337 e. The van der Waals surface area contributed by atoms with Gasteiger partial charge in [-0.3, -0.25) is 9.78 Å². The van der Waals surface area contributed by atoms with Crippen LogP contribution in [0.5, 0.6) is 0 Å². The first kappa shape index (κ1) is 25.1. The SMILES string of the molecule is CCOC(=O)C1=C(c2ccccc2)NC(SCC(=O)NC(C)(C)C)=C(C#N)[C@H]1c1ccncc1. The molecule has 1 aromatic carbocycles. The molecule has 0 saturated heterocycles. The van der Waals surface area contributed by atoms with E-state index in [9.17, 15) is 14.9 Å². The number of nitrogens with zero attached hydrogens (tertiary/aromatic N) is 2. The molecule has 7 nitrogen and oxygen atoms in total. The number of hydrogen-bond donors (Lipinski definition) is 2. The first-order valence-corrected chi connectivity index (χ1v) is 12.0. The van der Waals surface area contributed by atoms with Gasteiger partial charge in [0.2, 0.25) is 5.91 Å². The maximum absolute atomic E-state index is 13.2. The summed E-state index contributed by atoms with van der Waals surface area (Å²) in [6, 6.07) is 15.3. The van der Waals surface area contributed by atoms with Crippen LogP contribution in [-0.2, 0) is 14.3 Å². The van der Waals surface area contributed by atoms with Crippen LogP contribution in [0.25, 0.3) is 5.70 Å². The molecular formula is C26H28N4O3S. The predicted octanol–water partition coefficient (Wildman–Crippen LogP) is 4.13. The number of rotatable bonds is 7. The van der Waals surface area contributed by atoms with Crippen molar-refractivity contribution in [2.45, 2.75) is 39.2 Å². The Morgan fingerprint density at radius 1 is 1.18 bits per heavy atom. The Hall–Kier alpha value is -3.57. The Kier molecular flexibility index (Phi) is 8.13. The van der Waals surface area contributed by atoms with Crippen molar-refractivity contribution in [3.05, 3.63) is 82.2 Å². The summed E-state index contributed by atoms with van der Waals surface area (Å²) in [4.78, 5) is 29.8. The topological polar surface area (TPSA) is 104 Å². The van der Waals surface area contributed by atoms with Crippen molar-refractivity contribution in [2.24, 2.45) is 0 Å². The van der Waals surface area contributed by atoms with Crippen LogP contribution in [-0.4, -0.2) is 34.8 Å². The van der Waals surface area contributed by atoms with E-state index in [1.54, 1.807) is 31.5 Å². The standard InChI is InChI=1S/C26H28N4O3S/c1-5-33-25(32)22-21(17-11-13-28-14-12-17)19(15-27)24(34-16-20(31)30-26(2,3)4)29-23(22)18-9-7-6-8-10-18/h6-14,21,29H,5,16H2,1-4H3,(H,30,31)/t21-/m1/s1. The number of thioether (sulfide) groups is 1. The molecule has 0 bridgehead atoms. The number of benzene rings is 1. The van der Waals surface area contributed by atoms with Crippen LogP contribution in [0, 0.1) is 11.3 Å². The molecule has 0 unspecified atom stereocenters. The fraction of sp³-hybridized carbons (Fsp3) is 0.308. The third-order valence-electron chi connectivity index (χ3n) is 4.91. The third kappa shape index (κ3) is 6.06. The van der Waals surface area contributed by atoms with Crippen LogP contribution in [0.15, 0.2) is 71.0 Å². The molecule has 0 radical (unpaired) electrons. The Balaban J connectivity index is 2.13. The van der Waals surface area contributed by atoms with Gasteiger partial charge >= 0.3 is 5.97 Å². The fourth-order valence-electron chi connectivity index (χ4n) is 3.64. The van der Waals surface area contributed by atoms with Gasteiger partial charge in [0.25, 0.3) is 0 Å². The second-order valence-electron chi connectivity index (χ2n) is 8.66. The highest BCUT2D eigenvalue weighted by Crippen LogP contribution is 2.43. The Bertz CT molecular complexity index is 1150. The molecule has 1 aromatic heterocycles. The summed E-state index contributed by atoms with van der Waals surface area (Å²) in [6.07, 6.45) is 3.25. The van der Waals surface area contributed by atoms with Crippen LogP contribution in [0.4, 0.5) is 0 Å². The van der Waals surface area contributed by atoms with Crippen molar-refractivity contribution < 1.29 is 14.3 Å². The average Bonchev–Trinajstić information content (AvgIpc) is 2.81. The molecule has 0 aliphatic carbocycles. The van der Waals surface area contributed by atoms with Gasteiger partial charge in [-0.25, -0.2) is 4.79 Å². The highest BCUT2D eigenvalue weighted by atomic mass is 32.2. The van der Waals surface area contributed by atoms with Gasteiger partial charge in [0.1, 0.15) is 0 Å². The lowest BCUT2D eigenvalue weighted by Gasteiger charge is -2.31. The molecule has 176 valence electrons. The number of esters is 1. The van der Waals surface area contributed by atoms with E-state index < -0.39 is 11.9 Å². The number of carbonyl (C=O) groups is 2. The maximum atomic E-state index is 13.2. The third-order valence-corrected chi connectivity index (χ3v) is 5.93. The summed E-state index contributed by atoms with van der Waals surface area (Å²) in [5, 5.41) is 16.9. The monoisotopic (exact) mass is 476 g/mol. The minimum Gasteiger partial charge on any atom is -0.463 e. The number of nitrogens with one attached hydrogen (secondary N) is 2. The van der Waals surface area contributed by atoms with Crippen LogP contribution in [0.3, 0.4) is 0 Å². The molecule has 3 rings (SSSR count). The van der Waals surface area contributed by atoms with Crippen molar-refractivity contribution in [1.29, 1.82) is 5.26 Å². The van der Waals surface area contributed by atoms with E-state index >= 15 is 0 Å². The summed E-state index contributed by atoms with van der Waals surface area (Å²) in [5.41, 5.74) is 2.40. The lowest BCUT2D eigenvalue weighted by Crippen LogP contribution is -2.41. The Morgan fingerprint density at radius 3 is 2.44 bits per heavy atom. The molecule has 2 N–H and O–H groups in total. The highest BCUT2D eigenvalue weighted by Gasteiger charge is 2.37. The minimum atomic E-state index is -0.670. The van der Waals surface area contributed by atoms with Gasteiger partial charge in [0.05, 0.1) is 46.2 Å². The van der Waals surface area contributed by atoms with Gasteiger partial charge in [-0.05, 0) is 51.0 Å². The summed E-state index contributed by atoms with van der Waals surface area (Å²) < 4.78 is 5.41. The summed E-state index contributed by atoms with van der Waals surface area (Å²) in [7, 11) is 0. The van der Waals surface area contributed by atoms with Gasteiger partial charge in [0.15, 0.2) is 0 Å². The van der Waals surface area contributed by atoms with E-state index in [0.29, 0.717) is 21.9 Å². The molecule has 1 aliphatic rings.